The monoisotopic (exact) mass is 228 g/mol. The molecule has 0 saturated carbocycles. The van der Waals surface area contributed by atoms with E-state index in [-0.39, 0.29) is 17.1 Å². The van der Waals surface area contributed by atoms with Crippen LogP contribution in [0.25, 0.3) is 0 Å². The fourth-order valence-electron chi connectivity index (χ4n) is 2.04. The summed E-state index contributed by atoms with van der Waals surface area (Å²) >= 11 is 0. The van der Waals surface area contributed by atoms with Crippen LogP contribution in [0, 0.1) is 0 Å². The summed E-state index contributed by atoms with van der Waals surface area (Å²) in [6.07, 6.45) is 0. The first-order chi connectivity index (χ1) is 7.30. The first kappa shape index (κ1) is 12.4. The molecular weight excluding hydrogens is 212 g/mol. The zero-order valence-corrected chi connectivity index (χ0v) is 9.68. The van der Waals surface area contributed by atoms with Gasteiger partial charge in [0.15, 0.2) is 5.71 Å². The van der Waals surface area contributed by atoms with Gasteiger partial charge in [0.1, 0.15) is 11.4 Å². The van der Waals surface area contributed by atoms with Gasteiger partial charge in [-0.3, -0.25) is 5.32 Å². The molecule has 1 aliphatic rings. The lowest BCUT2D eigenvalue weighted by Gasteiger charge is -2.42. The Morgan fingerprint density at radius 1 is 0.812 bits per heavy atom. The van der Waals surface area contributed by atoms with Gasteiger partial charge in [-0.2, -0.15) is 0 Å². The van der Waals surface area contributed by atoms with Crippen LogP contribution in [-0.2, 0) is 0 Å². The lowest BCUT2D eigenvalue weighted by atomic mass is 9.78. The second kappa shape index (κ2) is 3.75. The van der Waals surface area contributed by atoms with E-state index in [1.165, 1.54) is 0 Å². The molecule has 16 heavy (non-hydrogen) atoms. The lowest BCUT2D eigenvalue weighted by Crippen LogP contribution is -2.69. The van der Waals surface area contributed by atoms with Gasteiger partial charge < -0.3 is 15.6 Å². The van der Waals surface area contributed by atoms with Crippen molar-refractivity contribution in [3.63, 3.8) is 0 Å². The highest BCUT2D eigenvalue weighted by molar-refractivity contribution is 6.72. The number of rotatable bonds is 0. The Kier molecular flexibility index (Phi) is 2.91. The molecule has 0 aromatic heterocycles. The molecule has 90 valence electrons. The van der Waals surface area contributed by atoms with Gasteiger partial charge in [0.2, 0.25) is 0 Å². The van der Waals surface area contributed by atoms with Crippen molar-refractivity contribution in [1.29, 1.82) is 0 Å². The van der Waals surface area contributed by atoms with E-state index in [0.717, 1.165) is 0 Å². The van der Waals surface area contributed by atoms with Crippen molar-refractivity contribution in [2.75, 3.05) is 0 Å². The molecule has 0 radical (unpaired) electrons. The predicted molar refractivity (Wildman–Crippen MR) is 59.0 cm³/mol. The second-order valence-electron chi connectivity index (χ2n) is 4.72. The summed E-state index contributed by atoms with van der Waals surface area (Å²) in [7, 11) is 0. The van der Waals surface area contributed by atoms with E-state index in [1.807, 2.05) is 0 Å². The molecule has 0 aliphatic carbocycles. The van der Waals surface area contributed by atoms with Gasteiger partial charge in [-0.1, -0.05) is 15.5 Å². The Morgan fingerprint density at radius 2 is 1.19 bits per heavy atom. The second-order valence-corrected chi connectivity index (χ2v) is 4.72. The molecular formula is C9H16N4O3. The van der Waals surface area contributed by atoms with Gasteiger partial charge in [0, 0.05) is 0 Å². The minimum atomic E-state index is -0.700. The predicted octanol–water partition coefficient (Wildman–Crippen LogP) is 0.637. The first-order valence-corrected chi connectivity index (χ1v) is 4.77. The van der Waals surface area contributed by atoms with Crippen LogP contribution in [-0.4, -0.2) is 43.8 Å². The molecule has 0 atom stereocenters. The summed E-state index contributed by atoms with van der Waals surface area (Å²) in [6, 6.07) is 0. The zero-order chi connectivity index (χ0) is 12.6. The summed E-state index contributed by atoms with van der Waals surface area (Å²) in [6.45, 7) is 7.07. The lowest BCUT2D eigenvalue weighted by molar-refractivity contribution is 0.291. The molecule has 1 heterocycles. The van der Waals surface area contributed by atoms with Gasteiger partial charge in [-0.05, 0) is 27.7 Å². The Morgan fingerprint density at radius 3 is 1.44 bits per heavy atom. The fourth-order valence-corrected chi connectivity index (χ4v) is 2.04. The number of hydrogen-bond donors (Lipinski definition) is 4. The van der Waals surface area contributed by atoms with Crippen molar-refractivity contribution in [1.82, 2.24) is 5.32 Å². The van der Waals surface area contributed by atoms with Crippen LogP contribution >= 0.6 is 0 Å². The van der Waals surface area contributed by atoms with E-state index < -0.39 is 11.1 Å². The largest absolute Gasteiger partial charge is 0.411 e. The van der Waals surface area contributed by atoms with Crippen molar-refractivity contribution >= 4 is 17.1 Å². The van der Waals surface area contributed by atoms with E-state index in [9.17, 15) is 0 Å². The van der Waals surface area contributed by atoms with E-state index in [0.29, 0.717) is 0 Å². The highest BCUT2D eigenvalue weighted by Gasteiger charge is 2.47. The standard InChI is InChI=1S/C9H16N4O3/c1-8(2)6(11-15)5(10-14)7(12-16)9(3,4)13-8/h13-16H,1-4H3/b11-6+,12-7+. The highest BCUT2D eigenvalue weighted by Crippen LogP contribution is 2.23. The summed E-state index contributed by atoms with van der Waals surface area (Å²) in [5, 5.41) is 39.1. The molecule has 0 aromatic rings. The third kappa shape index (κ3) is 1.73. The molecule has 0 bridgehead atoms. The van der Waals surface area contributed by atoms with Gasteiger partial charge >= 0.3 is 0 Å². The van der Waals surface area contributed by atoms with Crippen molar-refractivity contribution < 1.29 is 15.6 Å². The maximum atomic E-state index is 8.93. The topological polar surface area (TPSA) is 110 Å². The fraction of sp³-hybridized carbons (Fsp3) is 0.667. The Labute approximate surface area is 93.1 Å². The molecule has 1 saturated heterocycles. The first-order valence-electron chi connectivity index (χ1n) is 4.77. The van der Waals surface area contributed by atoms with Crippen LogP contribution in [0.5, 0.6) is 0 Å². The van der Waals surface area contributed by atoms with Crippen LogP contribution in [0.4, 0.5) is 0 Å². The smallest absolute Gasteiger partial charge is 0.156 e. The summed E-state index contributed by atoms with van der Waals surface area (Å²) in [4.78, 5) is 0. The maximum absolute atomic E-state index is 8.93. The molecule has 1 fully saturated rings. The van der Waals surface area contributed by atoms with Crippen LogP contribution in [0.2, 0.25) is 0 Å². The van der Waals surface area contributed by atoms with Crippen molar-refractivity contribution in [3.05, 3.63) is 0 Å². The number of nitrogens with one attached hydrogen (secondary N) is 1. The van der Waals surface area contributed by atoms with Crippen LogP contribution in [0.3, 0.4) is 0 Å². The molecule has 7 nitrogen and oxygen atoms in total. The van der Waals surface area contributed by atoms with Gasteiger partial charge in [0.25, 0.3) is 0 Å². The summed E-state index contributed by atoms with van der Waals surface area (Å²) in [5.74, 6) is 0. The highest BCUT2D eigenvalue weighted by atomic mass is 16.4. The molecule has 0 amide bonds. The van der Waals surface area contributed by atoms with Crippen molar-refractivity contribution in [3.8, 4) is 0 Å². The normalized spacial score (nSPS) is 28.4. The van der Waals surface area contributed by atoms with Crippen molar-refractivity contribution in [2.45, 2.75) is 38.8 Å². The molecule has 0 unspecified atom stereocenters. The number of piperidine rings is 1. The molecule has 1 aliphatic heterocycles. The average Bonchev–Trinajstić information content (AvgIpc) is 2.13. The Balaban J connectivity index is 3.41. The molecule has 7 heteroatoms. The SMILES string of the molecule is CC1(C)NC(C)(C)/C(=N/O)C(=NO)/C1=N\O. The molecule has 1 rings (SSSR count). The van der Waals surface area contributed by atoms with E-state index in [4.69, 9.17) is 15.6 Å². The van der Waals surface area contributed by atoms with E-state index >= 15 is 0 Å². The van der Waals surface area contributed by atoms with E-state index in [2.05, 4.69) is 20.8 Å². The van der Waals surface area contributed by atoms with Crippen LogP contribution in [0.1, 0.15) is 27.7 Å². The quantitative estimate of drug-likeness (QED) is 0.360. The number of oxime groups is 3. The Bertz CT molecular complexity index is 350. The summed E-state index contributed by atoms with van der Waals surface area (Å²) < 4.78 is 0. The minimum Gasteiger partial charge on any atom is -0.411 e. The van der Waals surface area contributed by atoms with Crippen LogP contribution < -0.4 is 5.32 Å². The summed E-state index contributed by atoms with van der Waals surface area (Å²) in [5.41, 5.74) is -1.20. The molecule has 0 spiro atoms. The average molecular weight is 228 g/mol. The van der Waals surface area contributed by atoms with Gasteiger partial charge in [-0.25, -0.2) is 0 Å². The molecule has 0 aromatic carbocycles. The number of hydrogen-bond acceptors (Lipinski definition) is 7. The zero-order valence-electron chi connectivity index (χ0n) is 9.68. The van der Waals surface area contributed by atoms with Crippen LogP contribution in [0.15, 0.2) is 15.5 Å². The maximum Gasteiger partial charge on any atom is 0.156 e. The number of nitrogens with zero attached hydrogens (tertiary/aromatic N) is 3. The van der Waals surface area contributed by atoms with Gasteiger partial charge in [-0.15, -0.1) is 0 Å². The van der Waals surface area contributed by atoms with Crippen molar-refractivity contribution in [2.24, 2.45) is 15.5 Å². The van der Waals surface area contributed by atoms with Gasteiger partial charge in [0.05, 0.1) is 11.1 Å². The molecule has 4 N–H and O–H groups in total. The van der Waals surface area contributed by atoms with E-state index in [1.54, 1.807) is 27.7 Å². The Hall–Kier alpha value is -1.63. The minimum absolute atomic E-state index is 0.0289. The third-order valence-corrected chi connectivity index (χ3v) is 2.56. The third-order valence-electron chi connectivity index (χ3n) is 2.56.